The Hall–Kier alpha value is -2.82. The van der Waals surface area contributed by atoms with Crippen LogP contribution in [0.2, 0.25) is 0 Å². The predicted molar refractivity (Wildman–Crippen MR) is 93.9 cm³/mol. The van der Waals surface area contributed by atoms with Crippen LogP contribution >= 0.6 is 0 Å². The van der Waals surface area contributed by atoms with Crippen molar-refractivity contribution >= 4 is 11.9 Å². The molecule has 0 spiro atoms. The second-order valence-electron chi connectivity index (χ2n) is 6.91. The first-order valence-corrected chi connectivity index (χ1v) is 8.22. The number of hydrogen-bond acceptors (Lipinski definition) is 3. The van der Waals surface area contributed by atoms with Gasteiger partial charge in [-0.2, -0.15) is 0 Å². The minimum Gasteiger partial charge on any atom is -0.482 e. The smallest absolute Gasteiger partial charge is 0.341 e. The van der Waals surface area contributed by atoms with Gasteiger partial charge in [0.05, 0.1) is 6.04 Å². The van der Waals surface area contributed by atoms with Gasteiger partial charge in [0, 0.05) is 5.56 Å². The van der Waals surface area contributed by atoms with Crippen LogP contribution < -0.4 is 10.1 Å². The van der Waals surface area contributed by atoms with E-state index in [1.54, 1.807) is 24.3 Å². The summed E-state index contributed by atoms with van der Waals surface area (Å²) in [6.45, 7) is 3.92. The maximum absolute atomic E-state index is 12.6. The Morgan fingerprint density at radius 2 is 1.96 bits per heavy atom. The number of carboxylic acid groups (broad SMARTS) is 1. The Morgan fingerprint density at radius 3 is 2.72 bits per heavy atom. The molecular weight excluding hydrogens is 318 g/mol. The number of fused-ring (bicyclic) bond motifs is 1. The maximum atomic E-state index is 12.6. The average Bonchev–Trinajstić information content (AvgIpc) is 2.84. The zero-order valence-electron chi connectivity index (χ0n) is 14.3. The molecule has 0 heterocycles. The van der Waals surface area contributed by atoms with Crippen LogP contribution in [0.15, 0.2) is 48.5 Å². The lowest BCUT2D eigenvalue weighted by Gasteiger charge is -2.19. The lowest BCUT2D eigenvalue weighted by atomic mass is 9.86. The summed E-state index contributed by atoms with van der Waals surface area (Å²) in [4.78, 5) is 23.2. The molecule has 1 unspecified atom stereocenters. The zero-order valence-corrected chi connectivity index (χ0v) is 14.3. The van der Waals surface area contributed by atoms with Crippen molar-refractivity contribution < 1.29 is 19.4 Å². The van der Waals surface area contributed by atoms with Gasteiger partial charge in [-0.3, -0.25) is 4.79 Å². The highest BCUT2D eigenvalue weighted by Gasteiger charge is 2.37. The minimum absolute atomic E-state index is 0.0149. The number of ether oxygens (including phenoxy) is 1. The maximum Gasteiger partial charge on any atom is 0.341 e. The molecule has 5 nitrogen and oxygen atoms in total. The molecule has 0 aromatic heterocycles. The molecule has 0 fully saturated rings. The molecule has 2 aromatic rings. The highest BCUT2D eigenvalue weighted by atomic mass is 16.5. The third kappa shape index (κ3) is 3.65. The first-order chi connectivity index (χ1) is 11.9. The number of rotatable bonds is 5. The molecule has 1 aliphatic carbocycles. The molecule has 0 bridgehead atoms. The summed E-state index contributed by atoms with van der Waals surface area (Å²) < 4.78 is 5.14. The van der Waals surface area contributed by atoms with Gasteiger partial charge in [-0.15, -0.1) is 0 Å². The van der Waals surface area contributed by atoms with Crippen molar-refractivity contribution in [1.82, 2.24) is 5.32 Å². The molecule has 0 radical (unpaired) electrons. The second kappa shape index (κ2) is 6.59. The average molecular weight is 339 g/mol. The van der Waals surface area contributed by atoms with E-state index >= 15 is 0 Å². The third-order valence-corrected chi connectivity index (χ3v) is 4.54. The lowest BCUT2D eigenvalue weighted by Crippen LogP contribution is -2.28. The van der Waals surface area contributed by atoms with Crippen molar-refractivity contribution in [2.75, 3.05) is 6.61 Å². The fourth-order valence-corrected chi connectivity index (χ4v) is 3.39. The molecule has 0 saturated heterocycles. The first kappa shape index (κ1) is 17.0. The predicted octanol–water partition coefficient (Wildman–Crippen LogP) is 3.30. The third-order valence-electron chi connectivity index (χ3n) is 4.54. The topological polar surface area (TPSA) is 75.6 Å². The Morgan fingerprint density at radius 1 is 1.20 bits per heavy atom. The van der Waals surface area contributed by atoms with Gasteiger partial charge >= 0.3 is 5.97 Å². The van der Waals surface area contributed by atoms with Crippen molar-refractivity contribution in [3.8, 4) is 5.75 Å². The number of hydrogen-bond donors (Lipinski definition) is 2. The number of benzene rings is 2. The van der Waals surface area contributed by atoms with Crippen molar-refractivity contribution in [2.24, 2.45) is 0 Å². The molecule has 1 atom stereocenters. The van der Waals surface area contributed by atoms with E-state index in [0.29, 0.717) is 11.3 Å². The number of aliphatic carboxylic acids is 1. The van der Waals surface area contributed by atoms with Gasteiger partial charge in [0.15, 0.2) is 6.61 Å². The molecule has 0 saturated carbocycles. The Bertz CT molecular complexity index is 813. The number of carbonyl (C=O) groups is 2. The van der Waals surface area contributed by atoms with Gasteiger partial charge in [0.25, 0.3) is 5.91 Å². The zero-order chi connectivity index (χ0) is 18.0. The van der Waals surface area contributed by atoms with Crippen molar-refractivity contribution in [3.05, 3.63) is 65.2 Å². The summed E-state index contributed by atoms with van der Waals surface area (Å²) in [5, 5.41) is 11.8. The fraction of sp³-hybridized carbons (Fsp3) is 0.300. The molecule has 1 amide bonds. The highest BCUT2D eigenvalue weighted by molar-refractivity contribution is 5.95. The Kier molecular flexibility index (Phi) is 4.49. The molecular formula is C20H21NO4. The molecule has 2 N–H and O–H groups in total. The Labute approximate surface area is 146 Å². The van der Waals surface area contributed by atoms with E-state index in [9.17, 15) is 9.59 Å². The van der Waals surface area contributed by atoms with Crippen molar-refractivity contribution in [2.45, 2.75) is 31.7 Å². The van der Waals surface area contributed by atoms with Crippen LogP contribution in [0.4, 0.5) is 0 Å². The molecule has 130 valence electrons. The molecule has 1 aliphatic rings. The molecule has 25 heavy (non-hydrogen) atoms. The summed E-state index contributed by atoms with van der Waals surface area (Å²) >= 11 is 0. The summed E-state index contributed by atoms with van der Waals surface area (Å²) in [7, 11) is 0. The largest absolute Gasteiger partial charge is 0.482 e. The SMILES string of the molecule is CC1(C)CC(NC(=O)c2cccc(OCC(=O)O)c2)c2ccccc21. The van der Waals surface area contributed by atoms with Gasteiger partial charge in [-0.05, 0) is 41.2 Å². The van der Waals surface area contributed by atoms with Crippen LogP contribution in [-0.2, 0) is 10.2 Å². The molecule has 5 heteroatoms. The van der Waals surface area contributed by atoms with E-state index in [1.807, 2.05) is 12.1 Å². The van der Waals surface area contributed by atoms with E-state index < -0.39 is 12.6 Å². The molecule has 0 aliphatic heterocycles. The van der Waals surface area contributed by atoms with E-state index in [2.05, 4.69) is 31.3 Å². The van der Waals surface area contributed by atoms with Crippen LogP contribution in [-0.4, -0.2) is 23.6 Å². The van der Waals surface area contributed by atoms with E-state index in [1.165, 1.54) is 5.56 Å². The molecule has 3 rings (SSSR count). The number of nitrogens with one attached hydrogen (secondary N) is 1. The van der Waals surface area contributed by atoms with Gasteiger partial charge in [-0.1, -0.05) is 44.2 Å². The van der Waals surface area contributed by atoms with Crippen LogP contribution in [0, 0.1) is 0 Å². The van der Waals surface area contributed by atoms with Gasteiger partial charge in [0.1, 0.15) is 5.75 Å². The minimum atomic E-state index is -1.06. The highest BCUT2D eigenvalue weighted by Crippen LogP contribution is 2.44. The van der Waals surface area contributed by atoms with E-state index in [4.69, 9.17) is 9.84 Å². The number of amides is 1. The summed E-state index contributed by atoms with van der Waals surface area (Å²) in [6.07, 6.45) is 0.841. The van der Waals surface area contributed by atoms with Crippen LogP contribution in [0.3, 0.4) is 0 Å². The second-order valence-corrected chi connectivity index (χ2v) is 6.91. The van der Waals surface area contributed by atoms with Crippen LogP contribution in [0.25, 0.3) is 0 Å². The van der Waals surface area contributed by atoms with Gasteiger partial charge < -0.3 is 15.2 Å². The fourth-order valence-electron chi connectivity index (χ4n) is 3.39. The van der Waals surface area contributed by atoms with Gasteiger partial charge in [0.2, 0.25) is 0 Å². The van der Waals surface area contributed by atoms with Crippen LogP contribution in [0.1, 0.15) is 47.8 Å². The number of carboxylic acids is 1. The normalized spacial score (nSPS) is 17.6. The van der Waals surface area contributed by atoms with E-state index in [-0.39, 0.29) is 17.4 Å². The monoisotopic (exact) mass is 339 g/mol. The Balaban J connectivity index is 1.75. The van der Waals surface area contributed by atoms with Gasteiger partial charge in [-0.25, -0.2) is 4.79 Å². The standard InChI is InChI=1S/C20H21NO4/c1-20(2)11-17(15-8-3-4-9-16(15)20)21-19(24)13-6-5-7-14(10-13)25-12-18(22)23/h3-10,17H,11-12H2,1-2H3,(H,21,24)(H,22,23). The summed E-state index contributed by atoms with van der Waals surface area (Å²) in [5.41, 5.74) is 2.88. The van der Waals surface area contributed by atoms with Crippen molar-refractivity contribution in [1.29, 1.82) is 0 Å². The number of carbonyl (C=O) groups excluding carboxylic acids is 1. The summed E-state index contributed by atoms with van der Waals surface area (Å²) in [5.74, 6) is -0.889. The summed E-state index contributed by atoms with van der Waals surface area (Å²) in [6, 6.07) is 14.7. The lowest BCUT2D eigenvalue weighted by molar-refractivity contribution is -0.139. The van der Waals surface area contributed by atoms with Crippen LogP contribution in [0.5, 0.6) is 5.75 Å². The first-order valence-electron chi connectivity index (χ1n) is 8.22. The molecule has 2 aromatic carbocycles. The van der Waals surface area contributed by atoms with E-state index in [0.717, 1.165) is 12.0 Å². The van der Waals surface area contributed by atoms with Crippen molar-refractivity contribution in [3.63, 3.8) is 0 Å². The quantitative estimate of drug-likeness (QED) is 0.876.